The molecular formula is C18H32ClN3O4S. The summed E-state index contributed by atoms with van der Waals surface area (Å²) in [4.78, 5) is 29.2. The minimum atomic E-state index is -3.63. The molecule has 0 saturated carbocycles. The van der Waals surface area contributed by atoms with Gasteiger partial charge in [0.2, 0.25) is 21.8 Å². The molecule has 2 aliphatic heterocycles. The number of fused-ring (bicyclic) bond motifs is 1. The van der Waals surface area contributed by atoms with Crippen LogP contribution in [0, 0.1) is 11.8 Å². The fraction of sp³-hybridized carbons (Fsp3) is 0.778. The lowest BCUT2D eigenvalue weighted by Crippen LogP contribution is -2.43. The number of rotatable bonds is 7. The molecule has 2 rings (SSSR count). The number of hydrogen-bond donors (Lipinski definition) is 0. The lowest BCUT2D eigenvalue weighted by Gasteiger charge is -2.28. The first-order chi connectivity index (χ1) is 12.1. The second-order valence-corrected chi connectivity index (χ2v) is 9.57. The number of halogens is 1. The van der Waals surface area contributed by atoms with Gasteiger partial charge >= 0.3 is 0 Å². The van der Waals surface area contributed by atoms with Crippen LogP contribution in [0.3, 0.4) is 0 Å². The van der Waals surface area contributed by atoms with Crippen molar-refractivity contribution in [2.75, 3.05) is 32.9 Å². The van der Waals surface area contributed by atoms with Crippen LogP contribution in [0.1, 0.15) is 33.6 Å². The van der Waals surface area contributed by atoms with Crippen molar-refractivity contribution in [3.05, 3.63) is 12.2 Å². The SMILES string of the molecule is CCCN(C)C/C=C/C(=O)N1CC[C@H]2[C@H]1[C@@H](C(C)C)C(=O)N2S(C)(=O)=O.Cl. The van der Waals surface area contributed by atoms with E-state index in [4.69, 9.17) is 0 Å². The first-order valence-electron chi connectivity index (χ1n) is 9.28. The second kappa shape index (κ2) is 9.39. The Morgan fingerprint density at radius 3 is 2.52 bits per heavy atom. The first-order valence-corrected chi connectivity index (χ1v) is 11.1. The van der Waals surface area contributed by atoms with Crippen molar-refractivity contribution in [2.24, 2.45) is 11.8 Å². The maximum absolute atomic E-state index is 12.7. The van der Waals surface area contributed by atoms with Gasteiger partial charge in [-0.15, -0.1) is 12.4 Å². The Kier molecular flexibility index (Phi) is 8.31. The number of sulfonamides is 1. The molecule has 9 heteroatoms. The molecule has 0 radical (unpaired) electrons. The van der Waals surface area contributed by atoms with Gasteiger partial charge in [-0.25, -0.2) is 12.7 Å². The van der Waals surface area contributed by atoms with E-state index in [1.807, 2.05) is 27.0 Å². The van der Waals surface area contributed by atoms with Gasteiger partial charge in [0.15, 0.2) is 0 Å². The molecule has 0 aliphatic carbocycles. The minimum Gasteiger partial charge on any atom is -0.333 e. The highest BCUT2D eigenvalue weighted by atomic mass is 35.5. The van der Waals surface area contributed by atoms with Crippen molar-refractivity contribution >= 4 is 34.2 Å². The normalized spacial score (nSPS) is 25.6. The molecule has 0 aromatic heterocycles. The van der Waals surface area contributed by atoms with E-state index in [9.17, 15) is 18.0 Å². The number of likely N-dealkylation sites (tertiary alicyclic amines) is 1. The van der Waals surface area contributed by atoms with Crippen LogP contribution in [-0.2, 0) is 19.6 Å². The van der Waals surface area contributed by atoms with Gasteiger partial charge in [-0.3, -0.25) is 9.59 Å². The Balaban J connectivity index is 0.00000364. The standard InChI is InChI=1S/C18H31N3O4S.ClH/c1-6-10-19(4)11-7-8-15(22)20-12-9-14-17(20)16(13(2)3)18(23)21(14)26(5,24)25;/h7-8,13-14,16-17H,6,9-12H2,1-5H3;1H/b8-7+;/t14-,16+,17-;/m0./s1. The molecule has 3 atom stereocenters. The number of amides is 2. The van der Waals surface area contributed by atoms with E-state index in [-0.39, 0.29) is 36.2 Å². The minimum absolute atomic E-state index is 0. The zero-order valence-electron chi connectivity index (χ0n) is 16.8. The number of hydrogen-bond acceptors (Lipinski definition) is 5. The Morgan fingerprint density at radius 1 is 1.37 bits per heavy atom. The molecule has 0 unspecified atom stereocenters. The largest absolute Gasteiger partial charge is 0.333 e. The van der Waals surface area contributed by atoms with Gasteiger partial charge in [-0.05, 0) is 32.4 Å². The second-order valence-electron chi connectivity index (χ2n) is 7.71. The van der Waals surface area contributed by atoms with Crippen molar-refractivity contribution in [1.29, 1.82) is 0 Å². The maximum atomic E-state index is 12.7. The highest BCUT2D eigenvalue weighted by Gasteiger charge is 2.58. The van der Waals surface area contributed by atoms with Crippen LogP contribution >= 0.6 is 12.4 Å². The van der Waals surface area contributed by atoms with Crippen molar-refractivity contribution < 1.29 is 18.0 Å². The molecule has 2 saturated heterocycles. The molecule has 7 nitrogen and oxygen atoms in total. The predicted molar refractivity (Wildman–Crippen MR) is 108 cm³/mol. The third kappa shape index (κ3) is 5.03. The van der Waals surface area contributed by atoms with E-state index in [1.165, 1.54) is 0 Å². The molecule has 2 fully saturated rings. The smallest absolute Gasteiger partial charge is 0.246 e. The van der Waals surface area contributed by atoms with E-state index in [0.29, 0.717) is 19.5 Å². The highest BCUT2D eigenvalue weighted by molar-refractivity contribution is 7.88. The molecule has 0 aromatic carbocycles. The predicted octanol–water partition coefficient (Wildman–Crippen LogP) is 1.35. The molecule has 2 aliphatic rings. The average molecular weight is 422 g/mol. The van der Waals surface area contributed by atoms with E-state index < -0.39 is 22.0 Å². The molecule has 0 spiro atoms. The van der Waals surface area contributed by atoms with Crippen LogP contribution in [0.5, 0.6) is 0 Å². The van der Waals surface area contributed by atoms with Gasteiger partial charge in [0.05, 0.1) is 24.3 Å². The van der Waals surface area contributed by atoms with E-state index in [2.05, 4.69) is 11.8 Å². The lowest BCUT2D eigenvalue weighted by molar-refractivity contribution is -0.131. The molecule has 0 bridgehead atoms. The number of nitrogens with zero attached hydrogens (tertiary/aromatic N) is 3. The molecule has 27 heavy (non-hydrogen) atoms. The Bertz CT molecular complexity index is 680. The summed E-state index contributed by atoms with van der Waals surface area (Å²) in [6.07, 6.45) is 6.01. The van der Waals surface area contributed by atoms with Crippen molar-refractivity contribution in [1.82, 2.24) is 14.1 Å². The summed E-state index contributed by atoms with van der Waals surface area (Å²) in [5, 5.41) is 0. The summed E-state index contributed by atoms with van der Waals surface area (Å²) < 4.78 is 25.3. The van der Waals surface area contributed by atoms with Crippen LogP contribution in [0.4, 0.5) is 0 Å². The van der Waals surface area contributed by atoms with E-state index in [1.54, 1.807) is 11.0 Å². The Hall–Kier alpha value is -1.12. The van der Waals surface area contributed by atoms with Gasteiger partial charge in [0.1, 0.15) is 0 Å². The summed E-state index contributed by atoms with van der Waals surface area (Å²) in [5.41, 5.74) is 0. The van der Waals surface area contributed by atoms with Crippen LogP contribution in [-0.4, -0.2) is 79.4 Å². The molecule has 0 N–H and O–H groups in total. The monoisotopic (exact) mass is 421 g/mol. The number of likely N-dealkylation sites (N-methyl/N-ethyl adjacent to an activating group) is 1. The van der Waals surface area contributed by atoms with Crippen LogP contribution in [0.25, 0.3) is 0 Å². The van der Waals surface area contributed by atoms with Gasteiger partial charge in [-0.2, -0.15) is 0 Å². The zero-order chi connectivity index (χ0) is 19.6. The Morgan fingerprint density at radius 2 is 2.00 bits per heavy atom. The van der Waals surface area contributed by atoms with Crippen LogP contribution in [0.2, 0.25) is 0 Å². The molecule has 0 aromatic rings. The zero-order valence-corrected chi connectivity index (χ0v) is 18.4. The van der Waals surface area contributed by atoms with Gasteiger partial charge in [0, 0.05) is 19.2 Å². The van der Waals surface area contributed by atoms with Crippen molar-refractivity contribution in [3.8, 4) is 0 Å². The number of carbonyl (C=O) groups excluding carboxylic acids is 2. The van der Waals surface area contributed by atoms with Gasteiger partial charge < -0.3 is 9.80 Å². The van der Waals surface area contributed by atoms with Crippen molar-refractivity contribution in [2.45, 2.75) is 45.7 Å². The maximum Gasteiger partial charge on any atom is 0.246 e. The topological polar surface area (TPSA) is 78.0 Å². The van der Waals surface area contributed by atoms with E-state index >= 15 is 0 Å². The van der Waals surface area contributed by atoms with E-state index in [0.717, 1.165) is 23.5 Å². The molecule has 156 valence electrons. The van der Waals surface area contributed by atoms with Gasteiger partial charge in [0.25, 0.3) is 0 Å². The van der Waals surface area contributed by atoms with Crippen molar-refractivity contribution in [3.63, 3.8) is 0 Å². The van der Waals surface area contributed by atoms with Crippen LogP contribution in [0.15, 0.2) is 12.2 Å². The summed E-state index contributed by atoms with van der Waals surface area (Å²) in [6, 6.07) is -0.812. The van der Waals surface area contributed by atoms with Crippen LogP contribution < -0.4 is 0 Å². The molecular weight excluding hydrogens is 390 g/mol. The third-order valence-corrected chi connectivity index (χ3v) is 6.40. The average Bonchev–Trinajstić information content (AvgIpc) is 3.02. The first kappa shape index (κ1) is 23.9. The quantitative estimate of drug-likeness (QED) is 0.580. The highest BCUT2D eigenvalue weighted by Crippen LogP contribution is 2.41. The molecule has 2 amide bonds. The Labute approximate surface area is 169 Å². The summed E-state index contributed by atoms with van der Waals surface area (Å²) in [5.74, 6) is -1.02. The summed E-state index contributed by atoms with van der Waals surface area (Å²) in [6.45, 7) is 8.03. The molecule has 2 heterocycles. The fourth-order valence-corrected chi connectivity index (χ4v) is 5.36. The summed E-state index contributed by atoms with van der Waals surface area (Å²) in [7, 11) is -1.64. The fourth-order valence-electron chi connectivity index (χ4n) is 4.19. The lowest BCUT2D eigenvalue weighted by atomic mass is 9.88. The summed E-state index contributed by atoms with van der Waals surface area (Å²) >= 11 is 0. The third-order valence-electron chi connectivity index (χ3n) is 5.23. The number of carbonyl (C=O) groups is 2. The van der Waals surface area contributed by atoms with Gasteiger partial charge in [-0.1, -0.05) is 26.8 Å².